The largest absolute Gasteiger partial charge is 0.507 e. The molecule has 1 amide bonds. The lowest BCUT2D eigenvalue weighted by molar-refractivity contribution is -0.140. The van der Waals surface area contributed by atoms with Crippen LogP contribution in [0.4, 0.5) is 0 Å². The van der Waals surface area contributed by atoms with Gasteiger partial charge in [0.15, 0.2) is 0 Å². The van der Waals surface area contributed by atoms with E-state index in [0.29, 0.717) is 34.1 Å². The highest BCUT2D eigenvalue weighted by molar-refractivity contribution is 6.47. The summed E-state index contributed by atoms with van der Waals surface area (Å²) < 4.78 is 11.0. The molecule has 4 rings (SSSR count). The van der Waals surface area contributed by atoms with Crippen molar-refractivity contribution in [3.8, 4) is 5.75 Å². The zero-order valence-electron chi connectivity index (χ0n) is 19.8. The Balaban J connectivity index is 1.72. The maximum atomic E-state index is 13.1. The van der Waals surface area contributed by atoms with Gasteiger partial charge < -0.3 is 19.5 Å². The van der Waals surface area contributed by atoms with E-state index in [1.165, 1.54) is 12.0 Å². The molecule has 0 unspecified atom stereocenters. The van der Waals surface area contributed by atoms with Crippen LogP contribution < -0.4 is 4.74 Å². The zero-order valence-corrected chi connectivity index (χ0v) is 21.3. The molecule has 0 saturated carbocycles. The molecule has 1 aliphatic rings. The van der Waals surface area contributed by atoms with Crippen LogP contribution >= 0.6 is 23.2 Å². The van der Waals surface area contributed by atoms with E-state index >= 15 is 0 Å². The number of carbonyl (C=O) groups is 2. The number of rotatable bonds is 8. The fourth-order valence-corrected chi connectivity index (χ4v) is 4.51. The molecule has 1 heterocycles. The highest BCUT2D eigenvalue weighted by atomic mass is 35.5. The number of aliphatic hydroxyl groups is 1. The highest BCUT2D eigenvalue weighted by Crippen LogP contribution is 2.41. The van der Waals surface area contributed by atoms with Gasteiger partial charge in [-0.05, 0) is 53.9 Å². The third-order valence-corrected chi connectivity index (χ3v) is 6.78. The van der Waals surface area contributed by atoms with Crippen LogP contribution in [0.1, 0.15) is 28.3 Å². The van der Waals surface area contributed by atoms with Crippen molar-refractivity contribution in [1.82, 2.24) is 4.90 Å². The normalized spacial score (nSPS) is 17.0. The number of carbonyl (C=O) groups excluding carboxylic acids is 2. The van der Waals surface area contributed by atoms with Crippen molar-refractivity contribution in [2.24, 2.45) is 0 Å². The van der Waals surface area contributed by atoms with Gasteiger partial charge in [-0.15, -0.1) is 0 Å². The van der Waals surface area contributed by atoms with Crippen molar-refractivity contribution >= 4 is 40.7 Å². The molecule has 8 heteroatoms. The number of ether oxygens (including phenoxy) is 2. The smallest absolute Gasteiger partial charge is 0.295 e. The SMILES string of the molecule is COCCN1C(=O)C(=O)/C(=C(/O)c2ccc(OCc3ccccc3)cc2C)[C@@H]1c1ccc(Cl)c(Cl)c1. The van der Waals surface area contributed by atoms with Gasteiger partial charge in [-0.2, -0.15) is 0 Å². The Bertz CT molecular complexity index is 1320. The van der Waals surface area contributed by atoms with Crippen molar-refractivity contribution in [2.75, 3.05) is 20.3 Å². The number of amides is 1. The molecular formula is C28H25Cl2NO5. The molecule has 1 atom stereocenters. The number of aliphatic hydroxyl groups excluding tert-OH is 1. The standard InChI is InChI=1S/C28H25Cl2NO5/c1-17-14-20(36-16-18-6-4-3-5-7-18)9-10-21(17)26(32)24-25(19-8-11-22(29)23(30)15-19)31(12-13-35-2)28(34)27(24)33/h3-11,14-15,25,32H,12-13,16H2,1-2H3/b26-24+/t25-/m0/s1. The quantitative estimate of drug-likeness (QED) is 0.223. The highest BCUT2D eigenvalue weighted by Gasteiger charge is 2.46. The molecule has 36 heavy (non-hydrogen) atoms. The van der Waals surface area contributed by atoms with Crippen LogP contribution in [0.2, 0.25) is 10.0 Å². The second kappa shape index (κ2) is 11.2. The van der Waals surface area contributed by atoms with Gasteiger partial charge in [0.1, 0.15) is 18.1 Å². The molecule has 1 aliphatic heterocycles. The summed E-state index contributed by atoms with van der Waals surface area (Å²) in [5.41, 5.74) is 2.68. The van der Waals surface area contributed by atoms with Crippen molar-refractivity contribution < 1.29 is 24.2 Å². The Morgan fingerprint density at radius 3 is 2.42 bits per heavy atom. The minimum Gasteiger partial charge on any atom is -0.507 e. The summed E-state index contributed by atoms with van der Waals surface area (Å²) in [6.07, 6.45) is 0. The Morgan fingerprint density at radius 1 is 1.00 bits per heavy atom. The molecule has 186 valence electrons. The topological polar surface area (TPSA) is 76.1 Å². The van der Waals surface area contributed by atoms with Gasteiger partial charge in [-0.1, -0.05) is 59.6 Å². The molecule has 1 fully saturated rings. The van der Waals surface area contributed by atoms with Gasteiger partial charge in [0, 0.05) is 19.2 Å². The van der Waals surface area contributed by atoms with E-state index in [9.17, 15) is 14.7 Å². The van der Waals surface area contributed by atoms with E-state index in [1.54, 1.807) is 43.3 Å². The molecule has 0 bridgehead atoms. The van der Waals surface area contributed by atoms with Crippen molar-refractivity contribution in [2.45, 2.75) is 19.6 Å². The molecule has 0 aliphatic carbocycles. The van der Waals surface area contributed by atoms with E-state index in [4.69, 9.17) is 32.7 Å². The van der Waals surface area contributed by atoms with Gasteiger partial charge in [0.25, 0.3) is 11.7 Å². The van der Waals surface area contributed by atoms with E-state index in [-0.39, 0.29) is 29.5 Å². The number of methoxy groups -OCH3 is 1. The number of likely N-dealkylation sites (tertiary alicyclic amines) is 1. The second-order valence-corrected chi connectivity index (χ2v) is 9.22. The first-order chi connectivity index (χ1) is 17.3. The molecule has 1 saturated heterocycles. The minimum atomic E-state index is -0.844. The average molecular weight is 526 g/mol. The number of hydrogen-bond donors (Lipinski definition) is 1. The van der Waals surface area contributed by atoms with E-state index < -0.39 is 17.7 Å². The maximum absolute atomic E-state index is 13.1. The van der Waals surface area contributed by atoms with Gasteiger partial charge in [-0.25, -0.2) is 0 Å². The predicted molar refractivity (Wildman–Crippen MR) is 139 cm³/mol. The lowest BCUT2D eigenvalue weighted by Gasteiger charge is -2.25. The number of halogens is 2. The van der Waals surface area contributed by atoms with E-state index in [1.807, 2.05) is 30.3 Å². The number of Topliss-reactive ketones (excluding diaryl/α,β-unsaturated/α-hetero) is 1. The molecule has 0 aromatic heterocycles. The Labute approximate surface area is 219 Å². The fourth-order valence-electron chi connectivity index (χ4n) is 4.21. The summed E-state index contributed by atoms with van der Waals surface area (Å²) in [4.78, 5) is 27.5. The number of aryl methyl sites for hydroxylation is 1. The summed E-state index contributed by atoms with van der Waals surface area (Å²) in [5.74, 6) is -1.14. The number of hydrogen-bond acceptors (Lipinski definition) is 5. The summed E-state index contributed by atoms with van der Waals surface area (Å²) in [6.45, 7) is 2.58. The lowest BCUT2D eigenvalue weighted by atomic mass is 9.94. The Kier molecular flexibility index (Phi) is 7.99. The van der Waals surface area contributed by atoms with E-state index in [2.05, 4.69) is 0 Å². The van der Waals surface area contributed by atoms with Crippen molar-refractivity contribution in [1.29, 1.82) is 0 Å². The molecular weight excluding hydrogens is 501 g/mol. The minimum absolute atomic E-state index is 0.0180. The molecule has 1 N–H and O–H groups in total. The first-order valence-electron chi connectivity index (χ1n) is 11.3. The van der Waals surface area contributed by atoms with Crippen LogP contribution in [0.15, 0.2) is 72.3 Å². The first kappa shape index (κ1) is 25.8. The monoisotopic (exact) mass is 525 g/mol. The average Bonchev–Trinajstić information content (AvgIpc) is 3.13. The molecule has 3 aromatic carbocycles. The third kappa shape index (κ3) is 5.26. The summed E-state index contributed by atoms with van der Waals surface area (Å²) in [6, 6.07) is 19.0. The predicted octanol–water partition coefficient (Wildman–Crippen LogP) is 5.95. The first-order valence-corrected chi connectivity index (χ1v) is 12.1. The van der Waals surface area contributed by atoms with Gasteiger partial charge >= 0.3 is 0 Å². The van der Waals surface area contributed by atoms with Crippen LogP contribution in [0.5, 0.6) is 5.75 Å². The lowest BCUT2D eigenvalue weighted by Crippen LogP contribution is -2.32. The fraction of sp³-hybridized carbons (Fsp3) is 0.214. The van der Waals surface area contributed by atoms with Crippen molar-refractivity contribution in [3.63, 3.8) is 0 Å². The number of benzene rings is 3. The molecule has 6 nitrogen and oxygen atoms in total. The molecule has 3 aromatic rings. The van der Waals surface area contributed by atoms with Crippen LogP contribution in [0, 0.1) is 6.92 Å². The van der Waals surface area contributed by atoms with Gasteiger partial charge in [-0.3, -0.25) is 9.59 Å². The zero-order chi connectivity index (χ0) is 25.8. The van der Waals surface area contributed by atoms with Gasteiger partial charge in [0.2, 0.25) is 0 Å². The Hall–Kier alpha value is -3.32. The Morgan fingerprint density at radius 2 is 1.75 bits per heavy atom. The second-order valence-electron chi connectivity index (χ2n) is 8.41. The summed E-state index contributed by atoms with van der Waals surface area (Å²) in [5, 5.41) is 12.0. The van der Waals surface area contributed by atoms with Crippen LogP contribution in [0.3, 0.4) is 0 Å². The van der Waals surface area contributed by atoms with E-state index in [0.717, 1.165) is 5.56 Å². The maximum Gasteiger partial charge on any atom is 0.295 e. The van der Waals surface area contributed by atoms with Crippen LogP contribution in [0.25, 0.3) is 5.76 Å². The summed E-state index contributed by atoms with van der Waals surface area (Å²) in [7, 11) is 1.51. The molecule has 0 radical (unpaired) electrons. The van der Waals surface area contributed by atoms with Gasteiger partial charge in [0.05, 0.1) is 28.3 Å². The number of nitrogens with zero attached hydrogens (tertiary/aromatic N) is 1. The van der Waals surface area contributed by atoms with Crippen LogP contribution in [-0.4, -0.2) is 42.0 Å². The molecule has 0 spiro atoms. The third-order valence-electron chi connectivity index (χ3n) is 6.04. The summed E-state index contributed by atoms with van der Waals surface area (Å²) >= 11 is 12.3. The van der Waals surface area contributed by atoms with Crippen molar-refractivity contribution in [3.05, 3.63) is 105 Å². The number of ketones is 1. The van der Waals surface area contributed by atoms with Crippen LogP contribution in [-0.2, 0) is 20.9 Å².